The molecule has 1 aromatic carbocycles. The van der Waals surface area contributed by atoms with E-state index in [0.717, 1.165) is 30.2 Å². The molecule has 1 amide bonds. The molecular formula is C15H15BrN2O. The molecule has 3 rings (SSSR count). The van der Waals surface area contributed by atoms with Gasteiger partial charge in [0.25, 0.3) is 5.91 Å². The molecule has 2 unspecified atom stereocenters. The molecule has 2 aromatic rings. The third-order valence-electron chi connectivity index (χ3n) is 3.63. The molecule has 3 nitrogen and oxygen atoms in total. The molecule has 98 valence electrons. The standard InChI is InChI=1S/C15H15BrN2O/c16-12-7-2-8-13(12)18-15(19)11-6-1-4-10-5-3-9-17-14(10)11/h1,3-6,9,12-13H,2,7-8H2,(H,18,19). The van der Waals surface area contributed by atoms with E-state index in [-0.39, 0.29) is 11.9 Å². The van der Waals surface area contributed by atoms with Gasteiger partial charge in [0.1, 0.15) is 0 Å². The van der Waals surface area contributed by atoms with Crippen molar-refractivity contribution in [2.75, 3.05) is 0 Å². The summed E-state index contributed by atoms with van der Waals surface area (Å²) in [7, 11) is 0. The Labute approximate surface area is 120 Å². The van der Waals surface area contributed by atoms with Crippen molar-refractivity contribution in [1.82, 2.24) is 10.3 Å². The van der Waals surface area contributed by atoms with E-state index in [1.165, 1.54) is 0 Å². The molecule has 19 heavy (non-hydrogen) atoms. The predicted molar refractivity (Wildman–Crippen MR) is 79.6 cm³/mol. The quantitative estimate of drug-likeness (QED) is 0.863. The maximum absolute atomic E-state index is 12.4. The number of nitrogens with zero attached hydrogens (tertiary/aromatic N) is 1. The van der Waals surface area contributed by atoms with Crippen LogP contribution in [0.3, 0.4) is 0 Å². The number of pyridine rings is 1. The lowest BCUT2D eigenvalue weighted by Crippen LogP contribution is -2.37. The Balaban J connectivity index is 1.89. The number of benzene rings is 1. The minimum absolute atomic E-state index is 0.0272. The summed E-state index contributed by atoms with van der Waals surface area (Å²) >= 11 is 3.63. The SMILES string of the molecule is O=C(NC1CCCC1Br)c1cccc2cccnc12. The smallest absolute Gasteiger partial charge is 0.253 e. The number of halogens is 1. The molecule has 1 aliphatic rings. The average molecular weight is 319 g/mol. The van der Waals surface area contributed by atoms with Crippen LogP contribution in [-0.2, 0) is 0 Å². The van der Waals surface area contributed by atoms with Crippen LogP contribution in [0.2, 0.25) is 0 Å². The molecule has 0 saturated heterocycles. The van der Waals surface area contributed by atoms with Crippen molar-refractivity contribution >= 4 is 32.7 Å². The fourth-order valence-corrected chi connectivity index (χ4v) is 3.33. The molecule has 1 N–H and O–H groups in total. The molecule has 0 radical (unpaired) electrons. The number of hydrogen-bond acceptors (Lipinski definition) is 2. The Morgan fingerprint density at radius 1 is 1.26 bits per heavy atom. The van der Waals surface area contributed by atoms with Crippen molar-refractivity contribution in [3.63, 3.8) is 0 Å². The van der Waals surface area contributed by atoms with Crippen LogP contribution in [0.15, 0.2) is 36.5 Å². The summed E-state index contributed by atoms with van der Waals surface area (Å²) in [5, 5.41) is 4.11. The molecule has 0 bridgehead atoms. The highest BCUT2D eigenvalue weighted by atomic mass is 79.9. The Kier molecular flexibility index (Phi) is 3.51. The third-order valence-corrected chi connectivity index (χ3v) is 4.72. The van der Waals surface area contributed by atoms with Gasteiger partial charge < -0.3 is 5.32 Å². The molecule has 1 heterocycles. The zero-order valence-electron chi connectivity index (χ0n) is 10.5. The first kappa shape index (κ1) is 12.6. The average Bonchev–Trinajstić information content (AvgIpc) is 2.83. The second-order valence-corrected chi connectivity index (χ2v) is 6.08. The van der Waals surface area contributed by atoms with Crippen molar-refractivity contribution in [2.45, 2.75) is 30.1 Å². The van der Waals surface area contributed by atoms with Gasteiger partial charge in [-0.25, -0.2) is 0 Å². The third kappa shape index (κ3) is 2.50. The number of carbonyl (C=O) groups is 1. The Morgan fingerprint density at radius 2 is 2.11 bits per heavy atom. The van der Waals surface area contributed by atoms with E-state index in [4.69, 9.17) is 0 Å². The van der Waals surface area contributed by atoms with Crippen molar-refractivity contribution < 1.29 is 4.79 Å². The highest BCUT2D eigenvalue weighted by Crippen LogP contribution is 2.26. The van der Waals surface area contributed by atoms with E-state index in [9.17, 15) is 4.79 Å². The summed E-state index contributed by atoms with van der Waals surface area (Å²) in [6.45, 7) is 0. The largest absolute Gasteiger partial charge is 0.348 e. The molecule has 1 fully saturated rings. The van der Waals surface area contributed by atoms with E-state index < -0.39 is 0 Å². The Morgan fingerprint density at radius 3 is 2.89 bits per heavy atom. The topological polar surface area (TPSA) is 42.0 Å². The van der Waals surface area contributed by atoms with Gasteiger partial charge in [0.15, 0.2) is 0 Å². The molecule has 0 spiro atoms. The van der Waals surface area contributed by atoms with E-state index >= 15 is 0 Å². The summed E-state index contributed by atoms with van der Waals surface area (Å²) in [5.74, 6) is -0.0272. The lowest BCUT2D eigenvalue weighted by atomic mass is 10.1. The van der Waals surface area contributed by atoms with Crippen molar-refractivity contribution in [1.29, 1.82) is 0 Å². The summed E-state index contributed by atoms with van der Waals surface area (Å²) in [4.78, 5) is 17.1. The lowest BCUT2D eigenvalue weighted by molar-refractivity contribution is 0.0940. The van der Waals surface area contributed by atoms with Crippen LogP contribution in [0.5, 0.6) is 0 Å². The van der Waals surface area contributed by atoms with E-state index in [1.54, 1.807) is 6.20 Å². The van der Waals surface area contributed by atoms with E-state index in [0.29, 0.717) is 10.4 Å². The fourth-order valence-electron chi connectivity index (χ4n) is 2.61. The van der Waals surface area contributed by atoms with Crippen LogP contribution in [0.25, 0.3) is 10.9 Å². The fraction of sp³-hybridized carbons (Fsp3) is 0.333. The minimum atomic E-state index is -0.0272. The number of amides is 1. The highest BCUT2D eigenvalue weighted by molar-refractivity contribution is 9.09. The molecule has 2 atom stereocenters. The molecule has 0 aliphatic heterocycles. The maximum Gasteiger partial charge on any atom is 0.253 e. The predicted octanol–water partition coefficient (Wildman–Crippen LogP) is 3.28. The Hall–Kier alpha value is -1.42. The minimum Gasteiger partial charge on any atom is -0.348 e. The number of carbonyl (C=O) groups excluding carboxylic acids is 1. The molecule has 1 aliphatic carbocycles. The van der Waals surface area contributed by atoms with Gasteiger partial charge in [-0.05, 0) is 25.0 Å². The number of aromatic nitrogens is 1. The van der Waals surface area contributed by atoms with Gasteiger partial charge in [-0.15, -0.1) is 0 Å². The van der Waals surface area contributed by atoms with Crippen LogP contribution >= 0.6 is 15.9 Å². The summed E-state index contributed by atoms with van der Waals surface area (Å²) in [6.07, 6.45) is 5.05. The van der Waals surface area contributed by atoms with Crippen molar-refractivity contribution in [3.8, 4) is 0 Å². The second-order valence-electron chi connectivity index (χ2n) is 4.91. The van der Waals surface area contributed by atoms with Crippen LogP contribution in [-0.4, -0.2) is 21.8 Å². The van der Waals surface area contributed by atoms with Crippen LogP contribution < -0.4 is 5.32 Å². The number of hydrogen-bond donors (Lipinski definition) is 1. The van der Waals surface area contributed by atoms with Gasteiger partial charge in [0.05, 0.1) is 11.1 Å². The van der Waals surface area contributed by atoms with Crippen molar-refractivity contribution in [2.24, 2.45) is 0 Å². The second kappa shape index (κ2) is 5.29. The van der Waals surface area contributed by atoms with Gasteiger partial charge in [-0.2, -0.15) is 0 Å². The van der Waals surface area contributed by atoms with Crippen LogP contribution in [0.1, 0.15) is 29.6 Å². The maximum atomic E-state index is 12.4. The van der Waals surface area contributed by atoms with Crippen molar-refractivity contribution in [3.05, 3.63) is 42.1 Å². The van der Waals surface area contributed by atoms with Gasteiger partial charge >= 0.3 is 0 Å². The zero-order valence-corrected chi connectivity index (χ0v) is 12.1. The first-order valence-electron chi connectivity index (χ1n) is 6.54. The summed E-state index contributed by atoms with van der Waals surface area (Å²) in [5.41, 5.74) is 1.43. The van der Waals surface area contributed by atoms with Gasteiger partial charge in [0.2, 0.25) is 0 Å². The molecule has 4 heteroatoms. The summed E-state index contributed by atoms with van der Waals surface area (Å²) < 4.78 is 0. The molecular weight excluding hydrogens is 304 g/mol. The van der Waals surface area contributed by atoms with Crippen LogP contribution in [0.4, 0.5) is 0 Å². The lowest BCUT2D eigenvalue weighted by Gasteiger charge is -2.16. The molecule has 1 saturated carbocycles. The highest BCUT2D eigenvalue weighted by Gasteiger charge is 2.27. The number of fused-ring (bicyclic) bond motifs is 1. The van der Waals surface area contributed by atoms with Gasteiger partial charge in [-0.1, -0.05) is 40.5 Å². The Bertz CT molecular complexity index is 609. The van der Waals surface area contributed by atoms with Gasteiger partial charge in [0, 0.05) is 22.5 Å². The monoisotopic (exact) mass is 318 g/mol. The summed E-state index contributed by atoms with van der Waals surface area (Å²) in [6, 6.07) is 9.80. The van der Waals surface area contributed by atoms with Gasteiger partial charge in [-0.3, -0.25) is 9.78 Å². The molecule has 1 aromatic heterocycles. The zero-order chi connectivity index (χ0) is 13.2. The van der Waals surface area contributed by atoms with Crippen LogP contribution in [0, 0.1) is 0 Å². The first-order valence-corrected chi connectivity index (χ1v) is 7.46. The number of para-hydroxylation sites is 1. The number of rotatable bonds is 2. The van der Waals surface area contributed by atoms with E-state index in [2.05, 4.69) is 26.2 Å². The first-order chi connectivity index (χ1) is 9.25. The normalized spacial score (nSPS) is 22.6. The number of alkyl halides is 1. The van der Waals surface area contributed by atoms with E-state index in [1.807, 2.05) is 30.3 Å². The number of nitrogens with one attached hydrogen (secondary N) is 1.